The van der Waals surface area contributed by atoms with Gasteiger partial charge in [0.25, 0.3) is 0 Å². The van der Waals surface area contributed by atoms with Crippen molar-refractivity contribution in [1.82, 2.24) is 0 Å². The van der Waals surface area contributed by atoms with Crippen molar-refractivity contribution in [3.8, 4) is 0 Å². The molecule has 4 heteroatoms. The highest BCUT2D eigenvalue weighted by Gasteiger charge is 2.14. The van der Waals surface area contributed by atoms with Crippen LogP contribution in [0.5, 0.6) is 0 Å². The lowest BCUT2D eigenvalue weighted by Crippen LogP contribution is -2.18. The molecule has 4 nitrogen and oxygen atoms in total. The highest BCUT2D eigenvalue weighted by molar-refractivity contribution is 5.69. The standard InChI is InChI=1S/C36H58O4/c1-3-5-7-9-11-12-13-14-15-16-17-18-19-20-21-22-24-26-28-33-36(39)40-34(31-29-32-35(37)38)30-27-25-23-10-8-6-4-2/h5,7,11-12,14-15,17-18,20-21,24,26,34H,3-4,6,8-10,13,16,19,22-23,25,27-33H2,1-2H3,(H,37,38)/b7-5-,12-11-,15-14-,18-17-,21-20-,26-24-. The summed E-state index contributed by atoms with van der Waals surface area (Å²) in [6.45, 7) is 4.37. The Morgan fingerprint density at radius 3 is 1.52 bits per heavy atom. The second kappa shape index (κ2) is 30.9. The molecule has 0 aliphatic rings. The number of carbonyl (C=O) groups excluding carboxylic acids is 1. The summed E-state index contributed by atoms with van der Waals surface area (Å²) in [5, 5.41) is 8.92. The van der Waals surface area contributed by atoms with Gasteiger partial charge in [0, 0.05) is 12.8 Å². The topological polar surface area (TPSA) is 63.6 Å². The van der Waals surface area contributed by atoms with E-state index in [1.165, 1.54) is 32.1 Å². The Labute approximate surface area is 246 Å². The maximum atomic E-state index is 12.3. The van der Waals surface area contributed by atoms with Crippen LogP contribution in [-0.4, -0.2) is 23.1 Å². The lowest BCUT2D eigenvalue weighted by atomic mass is 10.0. The molecule has 226 valence electrons. The molecule has 1 unspecified atom stereocenters. The number of rotatable bonds is 27. The molecule has 0 heterocycles. The molecule has 0 aliphatic heterocycles. The Morgan fingerprint density at radius 1 is 0.575 bits per heavy atom. The van der Waals surface area contributed by atoms with Gasteiger partial charge in [0.15, 0.2) is 0 Å². The minimum absolute atomic E-state index is 0.129. The highest BCUT2D eigenvalue weighted by atomic mass is 16.5. The smallest absolute Gasteiger partial charge is 0.306 e. The van der Waals surface area contributed by atoms with E-state index in [2.05, 4.69) is 80.7 Å². The first-order valence-corrected chi connectivity index (χ1v) is 15.9. The third-order valence-corrected chi connectivity index (χ3v) is 6.46. The average Bonchev–Trinajstić information content (AvgIpc) is 2.93. The fraction of sp³-hybridized carbons (Fsp3) is 0.611. The van der Waals surface area contributed by atoms with Crippen LogP contribution in [0.3, 0.4) is 0 Å². The molecule has 40 heavy (non-hydrogen) atoms. The first-order valence-electron chi connectivity index (χ1n) is 15.9. The van der Waals surface area contributed by atoms with Crippen LogP contribution < -0.4 is 0 Å². The summed E-state index contributed by atoms with van der Waals surface area (Å²) >= 11 is 0. The third-order valence-electron chi connectivity index (χ3n) is 6.46. The Morgan fingerprint density at radius 2 is 1.02 bits per heavy atom. The van der Waals surface area contributed by atoms with Crippen molar-refractivity contribution < 1.29 is 19.4 Å². The maximum absolute atomic E-state index is 12.3. The summed E-state index contributed by atoms with van der Waals surface area (Å²) in [4.78, 5) is 23.2. The average molecular weight is 555 g/mol. The number of carboxylic acids is 1. The van der Waals surface area contributed by atoms with E-state index in [1.54, 1.807) is 0 Å². The molecule has 0 saturated carbocycles. The number of unbranched alkanes of at least 4 members (excludes halogenated alkanes) is 6. The molecular formula is C36H58O4. The van der Waals surface area contributed by atoms with Gasteiger partial charge in [-0.1, -0.05) is 125 Å². The van der Waals surface area contributed by atoms with Gasteiger partial charge >= 0.3 is 11.9 Å². The molecule has 0 bridgehead atoms. The predicted molar refractivity (Wildman–Crippen MR) is 171 cm³/mol. The van der Waals surface area contributed by atoms with Crippen molar-refractivity contribution in [2.24, 2.45) is 0 Å². The van der Waals surface area contributed by atoms with E-state index in [0.717, 1.165) is 57.8 Å². The van der Waals surface area contributed by atoms with Crippen LogP contribution in [0.2, 0.25) is 0 Å². The zero-order chi connectivity index (χ0) is 29.4. The number of allylic oxidation sites excluding steroid dienone is 12. The van der Waals surface area contributed by atoms with Crippen molar-refractivity contribution in [3.05, 3.63) is 72.9 Å². The highest BCUT2D eigenvalue weighted by Crippen LogP contribution is 2.16. The zero-order valence-corrected chi connectivity index (χ0v) is 25.6. The van der Waals surface area contributed by atoms with E-state index in [4.69, 9.17) is 9.84 Å². The molecule has 0 spiro atoms. The largest absolute Gasteiger partial charge is 0.481 e. The number of hydrogen-bond acceptors (Lipinski definition) is 3. The Balaban J connectivity index is 4.01. The van der Waals surface area contributed by atoms with Crippen LogP contribution in [0.4, 0.5) is 0 Å². The number of aliphatic carboxylic acids is 1. The number of ether oxygens (including phenoxy) is 1. The summed E-state index contributed by atoms with van der Waals surface area (Å²) in [6, 6.07) is 0. The van der Waals surface area contributed by atoms with Gasteiger partial charge in [-0.25, -0.2) is 0 Å². The molecule has 0 rings (SSSR count). The second-order valence-electron chi connectivity index (χ2n) is 10.3. The number of esters is 1. The molecule has 0 saturated heterocycles. The van der Waals surface area contributed by atoms with Crippen LogP contribution >= 0.6 is 0 Å². The van der Waals surface area contributed by atoms with Gasteiger partial charge in [-0.3, -0.25) is 9.59 Å². The van der Waals surface area contributed by atoms with E-state index in [1.807, 2.05) is 6.08 Å². The van der Waals surface area contributed by atoms with Crippen molar-refractivity contribution >= 4 is 11.9 Å². The number of hydrogen-bond donors (Lipinski definition) is 1. The van der Waals surface area contributed by atoms with Crippen LogP contribution in [-0.2, 0) is 14.3 Å². The molecule has 1 atom stereocenters. The fourth-order valence-corrected chi connectivity index (χ4v) is 4.16. The molecule has 0 fully saturated rings. The van der Waals surface area contributed by atoms with E-state index >= 15 is 0 Å². The van der Waals surface area contributed by atoms with Crippen molar-refractivity contribution in [2.75, 3.05) is 0 Å². The summed E-state index contributed by atoms with van der Waals surface area (Å²) in [6.07, 6.45) is 43.4. The third kappa shape index (κ3) is 29.9. The lowest BCUT2D eigenvalue weighted by molar-refractivity contribution is -0.149. The van der Waals surface area contributed by atoms with Gasteiger partial charge in [0.2, 0.25) is 0 Å². The molecular weight excluding hydrogens is 496 g/mol. The lowest BCUT2D eigenvalue weighted by Gasteiger charge is -2.17. The summed E-state index contributed by atoms with van der Waals surface area (Å²) < 4.78 is 5.72. The van der Waals surface area contributed by atoms with E-state index in [-0.39, 0.29) is 18.5 Å². The first-order chi connectivity index (χ1) is 19.6. The minimum Gasteiger partial charge on any atom is -0.481 e. The fourth-order valence-electron chi connectivity index (χ4n) is 4.16. The van der Waals surface area contributed by atoms with Gasteiger partial charge in [-0.2, -0.15) is 0 Å². The summed E-state index contributed by atoms with van der Waals surface area (Å²) in [5.41, 5.74) is 0. The van der Waals surface area contributed by atoms with Crippen LogP contribution in [0.1, 0.15) is 136 Å². The molecule has 0 amide bonds. The summed E-state index contributed by atoms with van der Waals surface area (Å²) in [5.74, 6) is -0.971. The Hall–Kier alpha value is -2.62. The number of carboxylic acid groups (broad SMARTS) is 1. The van der Waals surface area contributed by atoms with Gasteiger partial charge in [0.1, 0.15) is 6.10 Å². The van der Waals surface area contributed by atoms with E-state index in [0.29, 0.717) is 25.7 Å². The van der Waals surface area contributed by atoms with E-state index < -0.39 is 5.97 Å². The molecule has 0 aliphatic carbocycles. The molecule has 0 aromatic heterocycles. The van der Waals surface area contributed by atoms with Crippen molar-refractivity contribution in [3.63, 3.8) is 0 Å². The van der Waals surface area contributed by atoms with Gasteiger partial charge < -0.3 is 9.84 Å². The quantitative estimate of drug-likeness (QED) is 0.0623. The van der Waals surface area contributed by atoms with Gasteiger partial charge in [0.05, 0.1) is 0 Å². The molecule has 0 radical (unpaired) electrons. The predicted octanol–water partition coefficient (Wildman–Crippen LogP) is 10.8. The number of carbonyl (C=O) groups is 2. The van der Waals surface area contributed by atoms with E-state index in [9.17, 15) is 9.59 Å². The molecule has 0 aromatic carbocycles. The van der Waals surface area contributed by atoms with Gasteiger partial charge in [-0.15, -0.1) is 0 Å². The van der Waals surface area contributed by atoms with Crippen molar-refractivity contribution in [2.45, 2.75) is 142 Å². The Bertz CT molecular complexity index is 770. The van der Waals surface area contributed by atoms with Gasteiger partial charge in [-0.05, 0) is 70.6 Å². The summed E-state index contributed by atoms with van der Waals surface area (Å²) in [7, 11) is 0. The monoisotopic (exact) mass is 554 g/mol. The molecule has 0 aromatic rings. The van der Waals surface area contributed by atoms with Crippen LogP contribution in [0, 0.1) is 0 Å². The van der Waals surface area contributed by atoms with Crippen LogP contribution in [0.15, 0.2) is 72.9 Å². The SMILES string of the molecule is CC/C=C\C/C=C\C/C=C\C/C=C\C/C=C\C/C=C\CCC(=O)OC(CCCCCCCCC)CCCC(=O)O. The maximum Gasteiger partial charge on any atom is 0.306 e. The zero-order valence-electron chi connectivity index (χ0n) is 25.6. The molecule has 1 N–H and O–H groups in total. The normalized spacial score (nSPS) is 13.2. The van der Waals surface area contributed by atoms with Crippen LogP contribution in [0.25, 0.3) is 0 Å². The van der Waals surface area contributed by atoms with Crippen molar-refractivity contribution in [1.29, 1.82) is 0 Å². The Kier molecular flexibility index (Phi) is 28.9. The minimum atomic E-state index is -0.793. The second-order valence-corrected chi connectivity index (χ2v) is 10.3. The first kappa shape index (κ1) is 37.4.